The topological polar surface area (TPSA) is 90.8 Å². The molecular formula is C14H16N6O. The van der Waals surface area contributed by atoms with Crippen LogP contribution in [0.1, 0.15) is 16.1 Å². The Hall–Kier alpha value is -2.67. The van der Waals surface area contributed by atoms with Gasteiger partial charge in [0.25, 0.3) is 5.91 Å². The highest BCUT2D eigenvalue weighted by atomic mass is 16.2. The molecule has 0 aliphatic carbocycles. The number of rotatable bonds is 4. The fraction of sp³-hybridized carbons (Fsp3) is 0.214. The van der Waals surface area contributed by atoms with Gasteiger partial charge in [0, 0.05) is 18.3 Å². The van der Waals surface area contributed by atoms with Crippen LogP contribution in [-0.4, -0.2) is 25.5 Å². The minimum Gasteiger partial charge on any atom is -0.346 e. The van der Waals surface area contributed by atoms with E-state index in [2.05, 4.69) is 52.3 Å². The smallest absolute Gasteiger partial charge is 0.287 e. The van der Waals surface area contributed by atoms with Gasteiger partial charge in [-0.15, -0.1) is 5.10 Å². The fourth-order valence-corrected chi connectivity index (χ4v) is 2.31. The number of nitrogens with two attached hydrogens (primary N) is 1. The zero-order valence-corrected chi connectivity index (χ0v) is 11.7. The van der Waals surface area contributed by atoms with Gasteiger partial charge in [0.2, 0.25) is 0 Å². The molecule has 0 aliphatic rings. The van der Waals surface area contributed by atoms with Gasteiger partial charge >= 0.3 is 0 Å². The molecule has 0 atom stereocenters. The van der Waals surface area contributed by atoms with Crippen LogP contribution in [0.5, 0.6) is 0 Å². The molecule has 3 aromatic rings. The van der Waals surface area contributed by atoms with Gasteiger partial charge in [0.15, 0.2) is 5.69 Å². The highest BCUT2D eigenvalue weighted by Crippen LogP contribution is 2.17. The zero-order chi connectivity index (χ0) is 14.8. The number of nitrogens with one attached hydrogen (secondary N) is 1. The van der Waals surface area contributed by atoms with E-state index < -0.39 is 5.91 Å². The molecule has 0 unspecified atom stereocenters. The molecule has 0 saturated carbocycles. The summed E-state index contributed by atoms with van der Waals surface area (Å²) in [4.78, 5) is 11.3. The molecule has 7 nitrogen and oxygen atoms in total. The van der Waals surface area contributed by atoms with Gasteiger partial charge in [-0.2, -0.15) is 0 Å². The second-order valence-electron chi connectivity index (χ2n) is 4.91. The van der Waals surface area contributed by atoms with Crippen LogP contribution in [0.15, 0.2) is 36.7 Å². The van der Waals surface area contributed by atoms with E-state index in [1.807, 2.05) is 5.43 Å². The van der Waals surface area contributed by atoms with Gasteiger partial charge < -0.3 is 4.57 Å². The molecule has 0 bridgehead atoms. The summed E-state index contributed by atoms with van der Waals surface area (Å²) in [6, 6.07) is 8.46. The first-order valence-corrected chi connectivity index (χ1v) is 6.64. The van der Waals surface area contributed by atoms with E-state index in [0.717, 1.165) is 6.54 Å². The van der Waals surface area contributed by atoms with Crippen molar-refractivity contribution in [2.24, 2.45) is 5.84 Å². The molecule has 7 heteroatoms. The Morgan fingerprint density at radius 3 is 3.00 bits per heavy atom. The van der Waals surface area contributed by atoms with Crippen LogP contribution in [0.2, 0.25) is 0 Å². The van der Waals surface area contributed by atoms with Gasteiger partial charge in [-0.3, -0.25) is 10.2 Å². The van der Waals surface area contributed by atoms with E-state index in [1.54, 1.807) is 10.9 Å². The van der Waals surface area contributed by atoms with Crippen molar-refractivity contribution in [3.63, 3.8) is 0 Å². The number of fused-ring (bicyclic) bond motifs is 1. The van der Waals surface area contributed by atoms with Crippen LogP contribution in [0.3, 0.4) is 0 Å². The minimum atomic E-state index is -0.442. The van der Waals surface area contributed by atoms with Crippen molar-refractivity contribution < 1.29 is 4.79 Å². The normalized spacial score (nSPS) is 11.0. The minimum absolute atomic E-state index is 0.213. The molecule has 0 aliphatic heterocycles. The highest BCUT2D eigenvalue weighted by molar-refractivity contribution is 5.91. The number of nitrogen functional groups attached to an aromatic ring is 1. The number of hydrogen-bond acceptors (Lipinski definition) is 4. The summed E-state index contributed by atoms with van der Waals surface area (Å²) in [5.74, 6) is 4.62. The SMILES string of the molecule is Cc1ccc2c(ccn2CCn2cc(C(=O)NN)nn2)c1. The zero-order valence-electron chi connectivity index (χ0n) is 11.7. The first-order chi connectivity index (χ1) is 10.2. The molecule has 0 saturated heterocycles. The number of benzene rings is 1. The number of amides is 1. The first-order valence-electron chi connectivity index (χ1n) is 6.64. The summed E-state index contributed by atoms with van der Waals surface area (Å²) in [7, 11) is 0. The lowest BCUT2D eigenvalue weighted by Crippen LogP contribution is -2.30. The third-order valence-corrected chi connectivity index (χ3v) is 3.40. The summed E-state index contributed by atoms with van der Waals surface area (Å²) in [5, 5.41) is 8.91. The van der Waals surface area contributed by atoms with Crippen molar-refractivity contribution in [1.29, 1.82) is 0 Å². The molecule has 3 rings (SSSR count). The second kappa shape index (κ2) is 5.37. The highest BCUT2D eigenvalue weighted by Gasteiger charge is 2.09. The Kier molecular flexibility index (Phi) is 3.41. The molecule has 0 fully saturated rings. The maximum Gasteiger partial charge on any atom is 0.287 e. The first kappa shape index (κ1) is 13.3. The molecule has 0 radical (unpaired) electrons. The largest absolute Gasteiger partial charge is 0.346 e. The summed E-state index contributed by atoms with van der Waals surface area (Å²) < 4.78 is 3.78. The van der Waals surface area contributed by atoms with Crippen molar-refractivity contribution in [2.75, 3.05) is 0 Å². The van der Waals surface area contributed by atoms with Crippen LogP contribution >= 0.6 is 0 Å². The molecule has 3 N–H and O–H groups in total. The maximum atomic E-state index is 11.3. The van der Waals surface area contributed by atoms with Crippen LogP contribution in [-0.2, 0) is 13.1 Å². The predicted octanol–water partition coefficient (Wildman–Crippen LogP) is 0.845. The van der Waals surface area contributed by atoms with Crippen LogP contribution in [0, 0.1) is 6.92 Å². The van der Waals surface area contributed by atoms with Crippen LogP contribution < -0.4 is 11.3 Å². The third kappa shape index (κ3) is 2.63. The average Bonchev–Trinajstić information content (AvgIpc) is 3.10. The van der Waals surface area contributed by atoms with E-state index in [9.17, 15) is 4.79 Å². The Morgan fingerprint density at radius 1 is 1.33 bits per heavy atom. The monoisotopic (exact) mass is 284 g/mol. The number of carbonyl (C=O) groups excluding carboxylic acids is 1. The quantitative estimate of drug-likeness (QED) is 0.422. The molecule has 21 heavy (non-hydrogen) atoms. The van der Waals surface area contributed by atoms with Gasteiger partial charge in [-0.25, -0.2) is 10.5 Å². The van der Waals surface area contributed by atoms with Crippen LogP contribution in [0.25, 0.3) is 10.9 Å². The number of aromatic nitrogens is 4. The summed E-state index contributed by atoms with van der Waals surface area (Å²) >= 11 is 0. The molecule has 1 amide bonds. The average molecular weight is 284 g/mol. The van der Waals surface area contributed by atoms with Crippen molar-refractivity contribution >= 4 is 16.8 Å². The van der Waals surface area contributed by atoms with E-state index in [1.165, 1.54) is 16.5 Å². The van der Waals surface area contributed by atoms with Crippen molar-refractivity contribution in [3.8, 4) is 0 Å². The molecule has 108 valence electrons. The molecule has 2 aromatic heterocycles. The van der Waals surface area contributed by atoms with Gasteiger partial charge in [-0.1, -0.05) is 16.8 Å². The van der Waals surface area contributed by atoms with Gasteiger partial charge in [0.1, 0.15) is 0 Å². The van der Waals surface area contributed by atoms with E-state index in [-0.39, 0.29) is 5.69 Å². The van der Waals surface area contributed by atoms with Gasteiger partial charge in [-0.05, 0) is 30.5 Å². The molecule has 1 aromatic carbocycles. The Labute approximate surface area is 121 Å². The maximum absolute atomic E-state index is 11.3. The predicted molar refractivity (Wildman–Crippen MR) is 78.4 cm³/mol. The number of hydrogen-bond donors (Lipinski definition) is 2. The van der Waals surface area contributed by atoms with Crippen molar-refractivity contribution in [1.82, 2.24) is 25.0 Å². The van der Waals surface area contributed by atoms with E-state index in [4.69, 9.17) is 5.84 Å². The second-order valence-corrected chi connectivity index (χ2v) is 4.91. The van der Waals surface area contributed by atoms with Crippen molar-refractivity contribution in [2.45, 2.75) is 20.0 Å². The third-order valence-electron chi connectivity index (χ3n) is 3.40. The molecule has 0 spiro atoms. The number of carbonyl (C=O) groups is 1. The summed E-state index contributed by atoms with van der Waals surface area (Å²) in [5.41, 5.74) is 4.67. The van der Waals surface area contributed by atoms with Gasteiger partial charge in [0.05, 0.1) is 12.7 Å². The molecular weight excluding hydrogens is 268 g/mol. The fourth-order valence-electron chi connectivity index (χ4n) is 2.31. The Bertz CT molecular complexity index is 788. The number of nitrogens with zero attached hydrogens (tertiary/aromatic N) is 4. The standard InChI is InChI=1S/C14H16N6O/c1-10-2-3-13-11(8-10)4-5-19(13)6-7-20-9-12(17-18-20)14(21)16-15/h2-5,8-9H,6-7,15H2,1H3,(H,16,21). The number of aryl methyl sites for hydroxylation is 3. The lowest BCUT2D eigenvalue weighted by molar-refractivity contribution is 0.0948. The summed E-state index contributed by atoms with van der Waals surface area (Å²) in [6.45, 7) is 3.46. The van der Waals surface area contributed by atoms with Crippen LogP contribution in [0.4, 0.5) is 0 Å². The number of hydrazine groups is 1. The van der Waals surface area contributed by atoms with Crippen molar-refractivity contribution in [3.05, 3.63) is 47.9 Å². The van der Waals surface area contributed by atoms with E-state index >= 15 is 0 Å². The summed E-state index contributed by atoms with van der Waals surface area (Å²) in [6.07, 6.45) is 3.63. The van der Waals surface area contributed by atoms with E-state index in [0.29, 0.717) is 6.54 Å². The molecule has 2 heterocycles. The lowest BCUT2D eigenvalue weighted by Gasteiger charge is -2.05. The Balaban J connectivity index is 1.74. The Morgan fingerprint density at radius 2 is 2.19 bits per heavy atom. The lowest BCUT2D eigenvalue weighted by atomic mass is 10.2.